The van der Waals surface area contributed by atoms with Gasteiger partial charge >= 0.3 is 5.97 Å². The second kappa shape index (κ2) is 5.50. The van der Waals surface area contributed by atoms with Gasteiger partial charge in [-0.2, -0.15) is 0 Å². The van der Waals surface area contributed by atoms with Gasteiger partial charge < -0.3 is 10.8 Å². The number of aromatic nitrogens is 1. The number of carboxylic acids is 1. The molecule has 1 unspecified atom stereocenters. The van der Waals surface area contributed by atoms with Crippen LogP contribution in [0.2, 0.25) is 0 Å². The molecular formula is C8H11ClN2O2. The van der Waals surface area contributed by atoms with E-state index in [1.165, 1.54) is 0 Å². The Kier molecular flexibility index (Phi) is 5.03. The molecule has 72 valence electrons. The van der Waals surface area contributed by atoms with Crippen LogP contribution < -0.4 is 5.73 Å². The molecular weight excluding hydrogens is 192 g/mol. The summed E-state index contributed by atoms with van der Waals surface area (Å²) in [5.41, 5.74) is 6.01. The number of halogens is 1. The number of hydrogen-bond acceptors (Lipinski definition) is 3. The molecule has 0 radical (unpaired) electrons. The Bertz CT molecular complexity index is 266. The summed E-state index contributed by atoms with van der Waals surface area (Å²) in [4.78, 5) is 14.3. The van der Waals surface area contributed by atoms with Gasteiger partial charge in [-0.1, -0.05) is 6.07 Å². The molecule has 0 aliphatic carbocycles. The number of carboxylic acid groups (broad SMARTS) is 1. The number of carbonyl (C=O) groups is 1. The van der Waals surface area contributed by atoms with Crippen LogP contribution in [0.3, 0.4) is 0 Å². The molecule has 0 spiro atoms. The van der Waals surface area contributed by atoms with Crippen LogP contribution >= 0.6 is 12.4 Å². The Morgan fingerprint density at radius 3 is 2.77 bits per heavy atom. The molecule has 0 saturated carbocycles. The molecule has 4 nitrogen and oxygen atoms in total. The van der Waals surface area contributed by atoms with Gasteiger partial charge in [-0.05, 0) is 12.1 Å². The molecule has 0 fully saturated rings. The molecule has 1 heterocycles. The fourth-order valence-electron chi connectivity index (χ4n) is 0.831. The van der Waals surface area contributed by atoms with Crippen molar-refractivity contribution < 1.29 is 9.90 Å². The highest BCUT2D eigenvalue weighted by Gasteiger charge is 2.11. The Balaban J connectivity index is 0.00000144. The zero-order chi connectivity index (χ0) is 8.97. The Morgan fingerprint density at radius 1 is 1.62 bits per heavy atom. The quantitative estimate of drug-likeness (QED) is 0.747. The third-order valence-electron chi connectivity index (χ3n) is 1.47. The van der Waals surface area contributed by atoms with Gasteiger partial charge in [0.2, 0.25) is 0 Å². The molecule has 0 aromatic carbocycles. The van der Waals surface area contributed by atoms with Gasteiger partial charge in [0.05, 0.1) is 0 Å². The first-order chi connectivity index (χ1) is 5.70. The molecule has 1 aromatic heterocycles. The fourth-order valence-corrected chi connectivity index (χ4v) is 0.831. The number of rotatable bonds is 3. The van der Waals surface area contributed by atoms with Crippen molar-refractivity contribution >= 4 is 18.4 Å². The minimum Gasteiger partial charge on any atom is -0.480 e. The number of nitrogens with zero attached hydrogens (tertiary/aromatic N) is 1. The molecule has 0 aliphatic heterocycles. The van der Waals surface area contributed by atoms with Crippen LogP contribution in [-0.4, -0.2) is 22.1 Å². The molecule has 1 atom stereocenters. The van der Waals surface area contributed by atoms with E-state index in [1.807, 2.05) is 0 Å². The van der Waals surface area contributed by atoms with Crippen molar-refractivity contribution in [3.05, 3.63) is 30.1 Å². The molecule has 0 saturated heterocycles. The van der Waals surface area contributed by atoms with E-state index in [0.29, 0.717) is 5.69 Å². The fraction of sp³-hybridized carbons (Fsp3) is 0.250. The Morgan fingerprint density at radius 2 is 2.31 bits per heavy atom. The van der Waals surface area contributed by atoms with Crippen molar-refractivity contribution in [1.82, 2.24) is 4.98 Å². The van der Waals surface area contributed by atoms with Crippen molar-refractivity contribution in [2.24, 2.45) is 5.73 Å². The minimum absolute atomic E-state index is 0. The van der Waals surface area contributed by atoms with E-state index >= 15 is 0 Å². The van der Waals surface area contributed by atoms with Crippen molar-refractivity contribution in [2.45, 2.75) is 12.5 Å². The van der Waals surface area contributed by atoms with Crippen LogP contribution in [0.5, 0.6) is 0 Å². The first-order valence-corrected chi connectivity index (χ1v) is 3.58. The predicted octanol–water partition coefficient (Wildman–Crippen LogP) is 0.458. The van der Waals surface area contributed by atoms with E-state index in [2.05, 4.69) is 4.98 Å². The summed E-state index contributed by atoms with van der Waals surface area (Å²) < 4.78 is 0. The van der Waals surface area contributed by atoms with Crippen LogP contribution in [-0.2, 0) is 11.2 Å². The summed E-state index contributed by atoms with van der Waals surface area (Å²) in [6.07, 6.45) is 1.89. The van der Waals surface area contributed by atoms with E-state index in [4.69, 9.17) is 10.8 Å². The van der Waals surface area contributed by atoms with Crippen molar-refractivity contribution in [3.8, 4) is 0 Å². The monoisotopic (exact) mass is 202 g/mol. The number of pyridine rings is 1. The normalized spacial score (nSPS) is 11.5. The van der Waals surface area contributed by atoms with E-state index in [9.17, 15) is 4.79 Å². The predicted molar refractivity (Wildman–Crippen MR) is 50.8 cm³/mol. The van der Waals surface area contributed by atoms with Crippen LogP contribution in [0.1, 0.15) is 5.69 Å². The van der Waals surface area contributed by atoms with Gasteiger partial charge in [-0.25, -0.2) is 0 Å². The summed E-state index contributed by atoms with van der Waals surface area (Å²) in [6.45, 7) is 0. The lowest BCUT2D eigenvalue weighted by Crippen LogP contribution is -2.32. The summed E-state index contributed by atoms with van der Waals surface area (Å²) in [6, 6.07) is 4.47. The first-order valence-electron chi connectivity index (χ1n) is 3.58. The first kappa shape index (κ1) is 11.9. The average molecular weight is 203 g/mol. The second-order valence-electron chi connectivity index (χ2n) is 2.47. The number of nitrogens with two attached hydrogens (primary N) is 1. The molecule has 5 heteroatoms. The Labute approximate surface area is 82.2 Å². The van der Waals surface area contributed by atoms with Gasteiger partial charge in [-0.3, -0.25) is 9.78 Å². The van der Waals surface area contributed by atoms with E-state index < -0.39 is 12.0 Å². The topological polar surface area (TPSA) is 76.2 Å². The van der Waals surface area contributed by atoms with Gasteiger partial charge in [-0.15, -0.1) is 12.4 Å². The highest BCUT2D eigenvalue weighted by molar-refractivity contribution is 5.85. The van der Waals surface area contributed by atoms with Crippen LogP contribution in [0.15, 0.2) is 24.4 Å². The lowest BCUT2D eigenvalue weighted by molar-refractivity contribution is -0.138. The van der Waals surface area contributed by atoms with Crippen LogP contribution in [0.4, 0.5) is 0 Å². The van der Waals surface area contributed by atoms with Gasteiger partial charge in [0, 0.05) is 18.3 Å². The molecule has 13 heavy (non-hydrogen) atoms. The second-order valence-corrected chi connectivity index (χ2v) is 2.47. The number of hydrogen-bond donors (Lipinski definition) is 2. The highest BCUT2D eigenvalue weighted by Crippen LogP contribution is 1.97. The zero-order valence-electron chi connectivity index (χ0n) is 6.88. The lowest BCUT2D eigenvalue weighted by Gasteiger charge is -2.03. The van der Waals surface area contributed by atoms with Gasteiger partial charge in [0.25, 0.3) is 0 Å². The molecule has 1 aromatic rings. The largest absolute Gasteiger partial charge is 0.480 e. The molecule has 0 bridgehead atoms. The van der Waals surface area contributed by atoms with Crippen LogP contribution in [0, 0.1) is 0 Å². The van der Waals surface area contributed by atoms with Crippen molar-refractivity contribution in [1.29, 1.82) is 0 Å². The average Bonchev–Trinajstić information content (AvgIpc) is 2.06. The summed E-state index contributed by atoms with van der Waals surface area (Å²) in [5.74, 6) is -0.999. The zero-order valence-corrected chi connectivity index (χ0v) is 7.70. The van der Waals surface area contributed by atoms with Crippen LogP contribution in [0.25, 0.3) is 0 Å². The van der Waals surface area contributed by atoms with Crippen molar-refractivity contribution in [3.63, 3.8) is 0 Å². The smallest absolute Gasteiger partial charge is 0.320 e. The summed E-state index contributed by atoms with van der Waals surface area (Å²) in [5, 5.41) is 8.49. The maximum atomic E-state index is 10.4. The summed E-state index contributed by atoms with van der Waals surface area (Å²) in [7, 11) is 0. The lowest BCUT2D eigenvalue weighted by atomic mass is 10.1. The van der Waals surface area contributed by atoms with Gasteiger partial charge in [0.15, 0.2) is 0 Å². The minimum atomic E-state index is -0.999. The van der Waals surface area contributed by atoms with Crippen molar-refractivity contribution in [2.75, 3.05) is 0 Å². The molecule has 0 aliphatic rings. The highest BCUT2D eigenvalue weighted by atomic mass is 35.5. The maximum Gasteiger partial charge on any atom is 0.320 e. The van der Waals surface area contributed by atoms with E-state index in [0.717, 1.165) is 0 Å². The maximum absolute atomic E-state index is 10.4. The SMILES string of the molecule is Cl.NC(Cc1ccccn1)C(=O)O. The third kappa shape index (κ3) is 3.87. The standard InChI is InChI=1S/C8H10N2O2.ClH/c9-7(8(11)12)5-6-3-1-2-4-10-6;/h1-4,7H,5,9H2,(H,11,12);1H. The molecule has 3 N–H and O–H groups in total. The molecule has 1 rings (SSSR count). The Hall–Kier alpha value is -1.13. The van der Waals surface area contributed by atoms with Gasteiger partial charge in [0.1, 0.15) is 6.04 Å². The third-order valence-corrected chi connectivity index (χ3v) is 1.47. The summed E-state index contributed by atoms with van der Waals surface area (Å²) >= 11 is 0. The van der Waals surface area contributed by atoms with E-state index in [-0.39, 0.29) is 18.8 Å². The molecule has 0 amide bonds. The number of aliphatic carboxylic acids is 1. The van der Waals surface area contributed by atoms with E-state index in [1.54, 1.807) is 24.4 Å².